The van der Waals surface area contributed by atoms with Crippen molar-refractivity contribution in [3.8, 4) is 0 Å². The lowest BCUT2D eigenvalue weighted by atomic mass is 9.92. The Morgan fingerprint density at radius 1 is 0.969 bits per heavy atom. The van der Waals surface area contributed by atoms with Crippen LogP contribution in [0.15, 0.2) is 84.1 Å². The molecule has 4 nitrogen and oxygen atoms in total. The first-order valence-corrected chi connectivity index (χ1v) is 10.7. The van der Waals surface area contributed by atoms with Gasteiger partial charge in [0.2, 0.25) is 0 Å². The zero-order chi connectivity index (χ0) is 22.8. The van der Waals surface area contributed by atoms with Crippen molar-refractivity contribution in [1.82, 2.24) is 0 Å². The minimum atomic E-state index is -1.13. The van der Waals surface area contributed by atoms with E-state index in [1.807, 2.05) is 30.3 Å². The van der Waals surface area contributed by atoms with E-state index < -0.39 is 29.3 Å². The number of hydrogen-bond donors (Lipinski definition) is 1. The summed E-state index contributed by atoms with van der Waals surface area (Å²) in [7, 11) is 0. The summed E-state index contributed by atoms with van der Waals surface area (Å²) in [4.78, 5) is 27.4. The van der Waals surface area contributed by atoms with Crippen LogP contribution in [0, 0.1) is 5.82 Å². The summed E-state index contributed by atoms with van der Waals surface area (Å²) in [5, 5.41) is 11.2. The summed E-state index contributed by atoms with van der Waals surface area (Å²) < 4.78 is 14.8. The Balaban J connectivity index is 1.76. The number of rotatable bonds is 6. The van der Waals surface area contributed by atoms with Gasteiger partial charge in [0.15, 0.2) is 11.5 Å². The highest BCUT2D eigenvalue weighted by atomic mass is 35.5. The molecule has 0 aliphatic carbocycles. The molecule has 1 aliphatic heterocycles. The number of ketones is 1. The number of benzene rings is 3. The molecule has 1 amide bonds. The number of hydrogen-bond acceptors (Lipinski definition) is 3. The van der Waals surface area contributed by atoms with Gasteiger partial charge in [-0.25, -0.2) is 4.39 Å². The molecule has 1 heterocycles. The van der Waals surface area contributed by atoms with E-state index in [9.17, 15) is 19.1 Å². The summed E-state index contributed by atoms with van der Waals surface area (Å²) in [6.07, 6.45) is 0.470. The molecule has 0 aromatic heterocycles. The first kappa shape index (κ1) is 22.1. The maximum absolute atomic E-state index is 14.8. The third-order valence-electron chi connectivity index (χ3n) is 5.37. The second kappa shape index (κ2) is 9.15. The second-order valence-electron chi connectivity index (χ2n) is 7.37. The lowest BCUT2D eigenvalue weighted by Crippen LogP contribution is -2.31. The zero-order valence-corrected chi connectivity index (χ0v) is 18.3. The third-order valence-corrected chi connectivity index (χ3v) is 6.11. The first-order chi connectivity index (χ1) is 15.4. The van der Waals surface area contributed by atoms with E-state index in [0.717, 1.165) is 5.56 Å². The molecule has 1 N–H and O–H groups in total. The van der Waals surface area contributed by atoms with Gasteiger partial charge in [-0.05, 0) is 36.2 Å². The SMILES string of the molecule is O=C(CCc1ccccc1)C1=C(O)C(=O)N(c2ccc(Cl)c(Cl)c2)C1c1ccccc1F. The van der Waals surface area contributed by atoms with Gasteiger partial charge in [-0.15, -0.1) is 0 Å². The zero-order valence-electron chi connectivity index (χ0n) is 16.8. The first-order valence-electron chi connectivity index (χ1n) is 9.91. The predicted molar refractivity (Wildman–Crippen MR) is 123 cm³/mol. The molecule has 1 unspecified atom stereocenters. The number of aryl methyl sites for hydroxylation is 1. The van der Waals surface area contributed by atoms with E-state index in [0.29, 0.717) is 6.42 Å². The van der Waals surface area contributed by atoms with Crippen molar-refractivity contribution >= 4 is 40.6 Å². The minimum absolute atomic E-state index is 0.0524. The van der Waals surface area contributed by atoms with Crippen LogP contribution in [-0.2, 0) is 16.0 Å². The molecule has 3 aromatic carbocycles. The third kappa shape index (κ3) is 4.14. The maximum atomic E-state index is 14.8. The molecular weight excluding hydrogens is 452 g/mol. The Kier molecular flexibility index (Phi) is 6.31. The maximum Gasteiger partial charge on any atom is 0.294 e. The summed E-state index contributed by atoms with van der Waals surface area (Å²) in [6.45, 7) is 0. The molecule has 1 atom stereocenters. The molecule has 4 rings (SSSR count). The van der Waals surface area contributed by atoms with Crippen molar-refractivity contribution in [2.45, 2.75) is 18.9 Å². The summed E-state index contributed by atoms with van der Waals surface area (Å²) in [5.74, 6) is -2.53. The monoisotopic (exact) mass is 469 g/mol. The van der Waals surface area contributed by atoms with Gasteiger partial charge in [0, 0.05) is 17.7 Å². The van der Waals surface area contributed by atoms with Crippen molar-refractivity contribution in [1.29, 1.82) is 0 Å². The topological polar surface area (TPSA) is 57.6 Å². The number of carbonyl (C=O) groups is 2. The van der Waals surface area contributed by atoms with E-state index >= 15 is 0 Å². The average molecular weight is 470 g/mol. The van der Waals surface area contributed by atoms with Crippen LogP contribution in [0.4, 0.5) is 10.1 Å². The van der Waals surface area contributed by atoms with Crippen LogP contribution in [0.25, 0.3) is 0 Å². The molecule has 0 saturated carbocycles. The van der Waals surface area contributed by atoms with Gasteiger partial charge in [0.25, 0.3) is 5.91 Å². The minimum Gasteiger partial charge on any atom is -0.503 e. The highest BCUT2D eigenvalue weighted by Crippen LogP contribution is 2.43. The van der Waals surface area contributed by atoms with Crippen LogP contribution in [0.3, 0.4) is 0 Å². The molecule has 0 saturated heterocycles. The molecule has 0 spiro atoms. The van der Waals surface area contributed by atoms with Crippen molar-refractivity contribution in [2.75, 3.05) is 4.90 Å². The normalized spacial score (nSPS) is 16.0. The Labute approximate surface area is 194 Å². The van der Waals surface area contributed by atoms with Crippen molar-refractivity contribution in [2.24, 2.45) is 0 Å². The van der Waals surface area contributed by atoms with Crippen LogP contribution < -0.4 is 4.90 Å². The number of amides is 1. The van der Waals surface area contributed by atoms with E-state index in [-0.39, 0.29) is 33.3 Å². The fourth-order valence-electron chi connectivity index (χ4n) is 3.82. The Morgan fingerprint density at radius 3 is 2.34 bits per heavy atom. The van der Waals surface area contributed by atoms with Gasteiger partial charge in [0.05, 0.1) is 21.7 Å². The van der Waals surface area contributed by atoms with Gasteiger partial charge >= 0.3 is 0 Å². The summed E-state index contributed by atoms with van der Waals surface area (Å²) in [5.41, 5.74) is 1.19. The van der Waals surface area contributed by atoms with E-state index in [1.165, 1.54) is 41.3 Å². The lowest BCUT2D eigenvalue weighted by Gasteiger charge is -2.27. The Bertz CT molecular complexity index is 1230. The van der Waals surface area contributed by atoms with E-state index in [2.05, 4.69) is 0 Å². The largest absolute Gasteiger partial charge is 0.503 e. The quantitative estimate of drug-likeness (QED) is 0.465. The lowest BCUT2D eigenvalue weighted by molar-refractivity contribution is -0.118. The van der Waals surface area contributed by atoms with Gasteiger partial charge in [-0.2, -0.15) is 0 Å². The molecule has 0 bridgehead atoms. The fourth-order valence-corrected chi connectivity index (χ4v) is 4.11. The number of carbonyl (C=O) groups excluding carboxylic acids is 2. The molecule has 162 valence electrons. The predicted octanol–water partition coefficient (Wildman–Crippen LogP) is 6.23. The number of aliphatic hydroxyl groups is 1. The number of Topliss-reactive ketones (excluding diaryl/α,β-unsaturated/α-hetero) is 1. The van der Waals surface area contributed by atoms with Crippen molar-refractivity contribution < 1.29 is 19.1 Å². The fraction of sp³-hybridized carbons (Fsp3) is 0.120. The van der Waals surface area contributed by atoms with Gasteiger partial charge in [-0.1, -0.05) is 71.7 Å². The molecule has 0 fully saturated rings. The smallest absolute Gasteiger partial charge is 0.294 e. The summed E-state index contributed by atoms with van der Waals surface area (Å²) in [6, 6.07) is 18.6. The van der Waals surface area contributed by atoms with Gasteiger partial charge in [0.1, 0.15) is 5.82 Å². The number of halogens is 3. The van der Waals surface area contributed by atoms with Crippen molar-refractivity contribution in [3.63, 3.8) is 0 Å². The summed E-state index contributed by atoms with van der Waals surface area (Å²) >= 11 is 12.1. The van der Waals surface area contributed by atoms with Gasteiger partial charge < -0.3 is 5.11 Å². The second-order valence-corrected chi connectivity index (χ2v) is 8.18. The number of aliphatic hydroxyl groups excluding tert-OH is 1. The molecule has 0 radical (unpaired) electrons. The van der Waals surface area contributed by atoms with Crippen LogP contribution in [-0.4, -0.2) is 16.8 Å². The Hall–Kier alpha value is -3.15. The number of anilines is 1. The number of nitrogens with zero attached hydrogens (tertiary/aromatic N) is 1. The molecular formula is C25H18Cl2FNO3. The van der Waals surface area contributed by atoms with E-state index in [4.69, 9.17) is 23.2 Å². The van der Waals surface area contributed by atoms with Crippen LogP contribution >= 0.6 is 23.2 Å². The van der Waals surface area contributed by atoms with Crippen LogP contribution in [0.5, 0.6) is 0 Å². The van der Waals surface area contributed by atoms with Crippen LogP contribution in [0.1, 0.15) is 23.6 Å². The standard InChI is InChI=1S/C25H18Cl2FNO3/c26-18-12-11-16(14-19(18)27)29-23(17-8-4-5-9-20(17)28)22(24(31)25(29)32)21(30)13-10-15-6-2-1-3-7-15/h1-9,11-12,14,23,31H,10,13H2. The molecule has 7 heteroatoms. The van der Waals surface area contributed by atoms with Gasteiger partial charge in [-0.3, -0.25) is 14.5 Å². The highest BCUT2D eigenvalue weighted by Gasteiger charge is 2.45. The van der Waals surface area contributed by atoms with Crippen molar-refractivity contribution in [3.05, 3.63) is 111 Å². The highest BCUT2D eigenvalue weighted by molar-refractivity contribution is 6.42. The molecule has 3 aromatic rings. The van der Waals surface area contributed by atoms with E-state index in [1.54, 1.807) is 6.07 Å². The van der Waals surface area contributed by atoms with Crippen LogP contribution in [0.2, 0.25) is 10.0 Å². The molecule has 1 aliphatic rings. The average Bonchev–Trinajstić information content (AvgIpc) is 3.05. The Morgan fingerprint density at radius 2 is 1.66 bits per heavy atom. The molecule has 32 heavy (non-hydrogen) atoms.